The van der Waals surface area contributed by atoms with Crippen molar-refractivity contribution in [3.8, 4) is 5.75 Å². The molecule has 0 radical (unpaired) electrons. The molecular weight excluding hydrogens is 276 g/mol. The minimum atomic E-state index is -0.401. The summed E-state index contributed by atoms with van der Waals surface area (Å²) >= 11 is 5.26. The minimum Gasteiger partial charge on any atom is -0.508 e. The second kappa shape index (κ2) is 5.50. The van der Waals surface area contributed by atoms with Gasteiger partial charge in [0.05, 0.1) is 18.7 Å². The van der Waals surface area contributed by atoms with Crippen LogP contribution in [0.15, 0.2) is 35.5 Å². The molecule has 0 saturated carbocycles. The van der Waals surface area contributed by atoms with Crippen molar-refractivity contribution in [1.82, 2.24) is 10.2 Å². The predicted octanol–water partition coefficient (Wildman–Crippen LogP) is 1.70. The third-order valence-electron chi connectivity index (χ3n) is 3.39. The number of methoxy groups -OCH3 is 1. The Morgan fingerprint density at radius 1 is 1.40 bits per heavy atom. The van der Waals surface area contributed by atoms with E-state index in [9.17, 15) is 9.90 Å². The third-order valence-corrected chi connectivity index (χ3v) is 3.78. The van der Waals surface area contributed by atoms with Crippen molar-refractivity contribution in [2.45, 2.75) is 13.0 Å². The molecule has 1 aliphatic heterocycles. The SMILES string of the molecule is COC(=O)C1=C(C)N(C)C(=S)N[C@H]1c1ccc(O)cc1. The zero-order valence-corrected chi connectivity index (χ0v) is 12.3. The first kappa shape index (κ1) is 14.3. The van der Waals surface area contributed by atoms with Gasteiger partial charge in [-0.2, -0.15) is 0 Å². The van der Waals surface area contributed by atoms with Gasteiger partial charge in [-0.05, 0) is 36.8 Å². The number of esters is 1. The molecule has 1 heterocycles. The number of hydrogen-bond acceptors (Lipinski definition) is 4. The maximum Gasteiger partial charge on any atom is 0.337 e. The molecule has 0 spiro atoms. The van der Waals surface area contributed by atoms with E-state index in [1.807, 2.05) is 6.92 Å². The molecule has 2 rings (SSSR count). The van der Waals surface area contributed by atoms with E-state index >= 15 is 0 Å². The van der Waals surface area contributed by atoms with E-state index in [-0.39, 0.29) is 11.8 Å². The number of carbonyl (C=O) groups excluding carboxylic acids is 1. The van der Waals surface area contributed by atoms with E-state index < -0.39 is 5.97 Å². The number of phenolic OH excluding ortho intramolecular Hbond substituents is 1. The molecule has 0 aromatic heterocycles. The number of benzene rings is 1. The lowest BCUT2D eigenvalue weighted by atomic mass is 9.95. The fourth-order valence-corrected chi connectivity index (χ4v) is 2.38. The second-order valence-corrected chi connectivity index (χ2v) is 4.91. The smallest absolute Gasteiger partial charge is 0.337 e. The van der Waals surface area contributed by atoms with Crippen LogP contribution in [0.1, 0.15) is 18.5 Å². The molecule has 0 aliphatic carbocycles. The van der Waals surface area contributed by atoms with Crippen LogP contribution in [0.2, 0.25) is 0 Å². The summed E-state index contributed by atoms with van der Waals surface area (Å²) in [4.78, 5) is 13.8. The van der Waals surface area contributed by atoms with E-state index in [1.165, 1.54) is 7.11 Å². The topological polar surface area (TPSA) is 61.8 Å². The lowest BCUT2D eigenvalue weighted by Crippen LogP contribution is -2.46. The van der Waals surface area contributed by atoms with Crippen LogP contribution in [-0.4, -0.2) is 35.2 Å². The molecule has 0 saturated heterocycles. The Hall–Kier alpha value is -2.08. The average molecular weight is 292 g/mol. The second-order valence-electron chi connectivity index (χ2n) is 4.52. The lowest BCUT2D eigenvalue weighted by molar-refractivity contribution is -0.136. The molecular formula is C14H16N2O3S. The molecule has 1 aliphatic rings. The molecule has 0 bridgehead atoms. The Labute approximate surface area is 122 Å². The van der Waals surface area contributed by atoms with Crippen molar-refractivity contribution in [1.29, 1.82) is 0 Å². The molecule has 20 heavy (non-hydrogen) atoms. The summed E-state index contributed by atoms with van der Waals surface area (Å²) in [5.41, 5.74) is 2.09. The molecule has 1 aromatic carbocycles. The van der Waals surface area contributed by atoms with Gasteiger partial charge in [-0.1, -0.05) is 12.1 Å². The summed E-state index contributed by atoms with van der Waals surface area (Å²) in [6, 6.07) is 6.26. The standard InChI is InChI=1S/C14H16N2O3S/c1-8-11(13(18)19-3)12(15-14(20)16(8)2)9-4-6-10(17)7-5-9/h4-7,12,17H,1-3H3,(H,15,20)/t12-/m0/s1. The lowest BCUT2D eigenvalue weighted by Gasteiger charge is -2.35. The number of carbonyl (C=O) groups is 1. The van der Waals surface area contributed by atoms with Crippen LogP contribution >= 0.6 is 12.2 Å². The number of aromatic hydroxyl groups is 1. The van der Waals surface area contributed by atoms with Crippen molar-refractivity contribution in [2.75, 3.05) is 14.2 Å². The van der Waals surface area contributed by atoms with E-state index in [0.717, 1.165) is 11.3 Å². The Morgan fingerprint density at radius 3 is 2.55 bits per heavy atom. The quantitative estimate of drug-likeness (QED) is 0.639. The number of rotatable bonds is 2. The van der Waals surface area contributed by atoms with Crippen molar-refractivity contribution in [2.24, 2.45) is 0 Å². The number of ether oxygens (including phenoxy) is 1. The highest BCUT2D eigenvalue weighted by Gasteiger charge is 2.32. The Balaban J connectivity index is 2.51. The van der Waals surface area contributed by atoms with Crippen molar-refractivity contribution in [3.63, 3.8) is 0 Å². The van der Waals surface area contributed by atoms with Crippen molar-refractivity contribution < 1.29 is 14.6 Å². The molecule has 0 unspecified atom stereocenters. The molecule has 106 valence electrons. The number of phenols is 1. The molecule has 6 heteroatoms. The fraction of sp³-hybridized carbons (Fsp3) is 0.286. The number of allylic oxidation sites excluding steroid dienone is 1. The maximum atomic E-state index is 12.0. The summed E-state index contributed by atoms with van der Waals surface area (Å²) in [5.74, 6) is -0.230. The maximum absolute atomic E-state index is 12.0. The summed E-state index contributed by atoms with van der Waals surface area (Å²) < 4.78 is 4.86. The highest BCUT2D eigenvalue weighted by atomic mass is 32.1. The number of thiocarbonyl (C=S) groups is 1. The van der Waals surface area contributed by atoms with E-state index in [1.54, 1.807) is 36.2 Å². The van der Waals surface area contributed by atoms with Crippen LogP contribution in [0, 0.1) is 0 Å². The first-order chi connectivity index (χ1) is 9.45. The van der Waals surface area contributed by atoms with E-state index in [2.05, 4.69) is 5.32 Å². The first-order valence-corrected chi connectivity index (χ1v) is 6.48. The predicted molar refractivity (Wildman–Crippen MR) is 79.1 cm³/mol. The monoisotopic (exact) mass is 292 g/mol. The molecule has 0 fully saturated rings. The average Bonchev–Trinajstić information content (AvgIpc) is 2.44. The highest BCUT2D eigenvalue weighted by Crippen LogP contribution is 2.31. The van der Waals surface area contributed by atoms with Gasteiger partial charge < -0.3 is 20.1 Å². The van der Waals surface area contributed by atoms with Gasteiger partial charge in [0.25, 0.3) is 0 Å². The third kappa shape index (κ3) is 2.46. The van der Waals surface area contributed by atoms with Crippen LogP contribution in [0.4, 0.5) is 0 Å². The van der Waals surface area contributed by atoms with Crippen molar-refractivity contribution in [3.05, 3.63) is 41.1 Å². The van der Waals surface area contributed by atoms with Crippen LogP contribution in [0.3, 0.4) is 0 Å². The Morgan fingerprint density at radius 2 is 2.00 bits per heavy atom. The highest BCUT2D eigenvalue weighted by molar-refractivity contribution is 7.80. The van der Waals surface area contributed by atoms with Crippen LogP contribution in [0.5, 0.6) is 5.75 Å². The summed E-state index contributed by atoms with van der Waals surface area (Å²) in [6.45, 7) is 1.83. The molecule has 0 amide bonds. The van der Waals surface area contributed by atoms with Gasteiger partial charge in [-0.3, -0.25) is 0 Å². The zero-order valence-electron chi connectivity index (χ0n) is 11.5. The summed E-state index contributed by atoms with van der Waals surface area (Å²) in [5, 5.41) is 13.0. The summed E-state index contributed by atoms with van der Waals surface area (Å²) in [7, 11) is 3.14. The summed E-state index contributed by atoms with van der Waals surface area (Å²) in [6.07, 6.45) is 0. The van der Waals surface area contributed by atoms with E-state index in [4.69, 9.17) is 17.0 Å². The molecule has 5 nitrogen and oxygen atoms in total. The fourth-order valence-electron chi connectivity index (χ4n) is 2.13. The molecule has 1 aromatic rings. The van der Waals surface area contributed by atoms with Gasteiger partial charge >= 0.3 is 5.97 Å². The first-order valence-electron chi connectivity index (χ1n) is 6.08. The Kier molecular flexibility index (Phi) is 3.94. The minimum absolute atomic E-state index is 0.171. The van der Waals surface area contributed by atoms with Crippen LogP contribution in [0.25, 0.3) is 0 Å². The van der Waals surface area contributed by atoms with Crippen molar-refractivity contribution >= 4 is 23.3 Å². The number of nitrogens with one attached hydrogen (secondary N) is 1. The van der Waals surface area contributed by atoms with Gasteiger partial charge in [-0.15, -0.1) is 0 Å². The van der Waals surface area contributed by atoms with Crippen LogP contribution < -0.4 is 5.32 Å². The molecule has 2 N–H and O–H groups in total. The van der Waals surface area contributed by atoms with Gasteiger partial charge in [0, 0.05) is 12.7 Å². The number of nitrogens with zero attached hydrogens (tertiary/aromatic N) is 1. The van der Waals surface area contributed by atoms with E-state index in [0.29, 0.717) is 10.7 Å². The number of hydrogen-bond donors (Lipinski definition) is 2. The Bertz CT molecular complexity index is 581. The van der Waals surface area contributed by atoms with Gasteiger partial charge in [0.2, 0.25) is 0 Å². The van der Waals surface area contributed by atoms with Gasteiger partial charge in [-0.25, -0.2) is 4.79 Å². The normalized spacial score (nSPS) is 18.9. The largest absolute Gasteiger partial charge is 0.508 e. The van der Waals surface area contributed by atoms with Gasteiger partial charge in [0.15, 0.2) is 5.11 Å². The van der Waals surface area contributed by atoms with Gasteiger partial charge in [0.1, 0.15) is 5.75 Å². The zero-order chi connectivity index (χ0) is 14.9. The molecule has 1 atom stereocenters. The van der Waals surface area contributed by atoms with Crippen LogP contribution in [-0.2, 0) is 9.53 Å².